The van der Waals surface area contributed by atoms with E-state index in [9.17, 15) is 18.0 Å². The molecular weight excluding hydrogens is 450 g/mol. The van der Waals surface area contributed by atoms with Crippen molar-refractivity contribution in [1.82, 2.24) is 10.2 Å². The van der Waals surface area contributed by atoms with Crippen molar-refractivity contribution >= 4 is 39.1 Å². The fraction of sp³-hybridized carbons (Fsp3) is 0.391. The average molecular weight is 480 g/mol. The number of hydrogen-bond acceptors (Lipinski definition) is 4. The molecule has 2 amide bonds. The molecule has 0 radical (unpaired) electrons. The summed E-state index contributed by atoms with van der Waals surface area (Å²) in [6, 6.07) is 15.2. The number of amides is 2. The van der Waals surface area contributed by atoms with E-state index in [-0.39, 0.29) is 12.5 Å². The molecule has 0 bridgehead atoms. The van der Waals surface area contributed by atoms with Crippen LogP contribution in [0.1, 0.15) is 25.8 Å². The van der Waals surface area contributed by atoms with Crippen LogP contribution in [0.2, 0.25) is 5.02 Å². The summed E-state index contributed by atoms with van der Waals surface area (Å²) in [6.07, 6.45) is 2.00. The van der Waals surface area contributed by atoms with Crippen molar-refractivity contribution in [3.63, 3.8) is 0 Å². The third-order valence-corrected chi connectivity index (χ3v) is 6.41. The minimum Gasteiger partial charge on any atom is -0.355 e. The number of carbonyl (C=O) groups excluding carboxylic acids is 2. The fourth-order valence-corrected chi connectivity index (χ4v) is 4.38. The van der Waals surface area contributed by atoms with E-state index in [0.29, 0.717) is 30.1 Å². The molecule has 1 atom stereocenters. The van der Waals surface area contributed by atoms with Gasteiger partial charge in [-0.05, 0) is 49.6 Å². The summed E-state index contributed by atoms with van der Waals surface area (Å²) in [4.78, 5) is 27.5. The van der Waals surface area contributed by atoms with E-state index in [1.807, 2.05) is 44.2 Å². The molecule has 9 heteroatoms. The van der Waals surface area contributed by atoms with Gasteiger partial charge in [0, 0.05) is 18.1 Å². The summed E-state index contributed by atoms with van der Waals surface area (Å²) in [5.74, 6) is -0.701. The number of carbonyl (C=O) groups is 2. The van der Waals surface area contributed by atoms with Crippen molar-refractivity contribution in [3.8, 4) is 0 Å². The maximum absolute atomic E-state index is 13.4. The number of rotatable bonds is 11. The molecule has 2 aromatic rings. The smallest absolute Gasteiger partial charge is 0.244 e. The van der Waals surface area contributed by atoms with Gasteiger partial charge in [-0.25, -0.2) is 8.42 Å². The van der Waals surface area contributed by atoms with Gasteiger partial charge in [0.25, 0.3) is 0 Å². The van der Waals surface area contributed by atoms with Gasteiger partial charge < -0.3 is 10.2 Å². The maximum Gasteiger partial charge on any atom is 0.244 e. The molecular formula is C23H30ClN3O4S. The Kier molecular flexibility index (Phi) is 9.53. The van der Waals surface area contributed by atoms with Crippen LogP contribution in [-0.2, 0) is 26.0 Å². The molecule has 7 nitrogen and oxygen atoms in total. The van der Waals surface area contributed by atoms with Gasteiger partial charge in [-0.3, -0.25) is 13.9 Å². The first-order valence-electron chi connectivity index (χ1n) is 10.5. The molecule has 0 saturated carbocycles. The average Bonchev–Trinajstić information content (AvgIpc) is 2.75. The number of hydrogen-bond donors (Lipinski definition) is 1. The molecule has 0 spiro atoms. The van der Waals surface area contributed by atoms with Gasteiger partial charge in [-0.1, -0.05) is 48.9 Å². The first kappa shape index (κ1) is 25.7. The number of nitrogens with zero attached hydrogens (tertiary/aromatic N) is 2. The number of nitrogens with one attached hydrogen (secondary N) is 1. The van der Waals surface area contributed by atoms with Gasteiger partial charge in [-0.2, -0.15) is 0 Å². The lowest BCUT2D eigenvalue weighted by molar-refractivity contribution is -0.139. The van der Waals surface area contributed by atoms with Crippen molar-refractivity contribution in [1.29, 1.82) is 0 Å². The molecule has 2 rings (SSSR count). The van der Waals surface area contributed by atoms with Crippen molar-refractivity contribution in [3.05, 3.63) is 65.2 Å². The first-order valence-corrected chi connectivity index (χ1v) is 12.7. The van der Waals surface area contributed by atoms with Gasteiger partial charge in [0.15, 0.2) is 0 Å². The number of sulfonamides is 1. The molecule has 0 fully saturated rings. The zero-order valence-electron chi connectivity index (χ0n) is 18.6. The highest BCUT2D eigenvalue weighted by molar-refractivity contribution is 7.92. The Morgan fingerprint density at radius 2 is 1.66 bits per heavy atom. The van der Waals surface area contributed by atoms with E-state index in [1.165, 1.54) is 4.90 Å². The highest BCUT2D eigenvalue weighted by atomic mass is 35.5. The molecule has 0 heterocycles. The van der Waals surface area contributed by atoms with Crippen LogP contribution in [0.25, 0.3) is 0 Å². The van der Waals surface area contributed by atoms with Gasteiger partial charge in [0.1, 0.15) is 12.6 Å². The molecule has 2 aromatic carbocycles. The molecule has 32 heavy (non-hydrogen) atoms. The van der Waals surface area contributed by atoms with Crippen molar-refractivity contribution in [2.45, 2.75) is 32.7 Å². The zero-order valence-corrected chi connectivity index (χ0v) is 20.2. The molecule has 1 N–H and O–H groups in total. The molecule has 0 aliphatic carbocycles. The predicted octanol–water partition coefficient (Wildman–Crippen LogP) is 3.09. The Bertz CT molecular complexity index is 998. The summed E-state index contributed by atoms with van der Waals surface area (Å²) >= 11 is 5.92. The lowest BCUT2D eigenvalue weighted by Crippen LogP contribution is -2.53. The standard InChI is InChI=1S/C23H30ClN3O4S/c1-4-21(23(29)25-5-2)26(16-15-18-9-7-6-8-10-18)22(28)17-27(32(3,30)31)20-13-11-19(24)12-14-20/h6-14,21H,4-5,15-17H2,1-3H3,(H,25,29). The largest absolute Gasteiger partial charge is 0.355 e. The second-order valence-corrected chi connectivity index (χ2v) is 9.73. The second kappa shape index (κ2) is 11.9. The number of benzene rings is 2. The van der Waals surface area contributed by atoms with Crippen molar-refractivity contribution < 1.29 is 18.0 Å². The first-order chi connectivity index (χ1) is 15.2. The highest BCUT2D eigenvalue weighted by Crippen LogP contribution is 2.21. The summed E-state index contributed by atoms with van der Waals surface area (Å²) in [5.41, 5.74) is 1.35. The van der Waals surface area contributed by atoms with E-state index >= 15 is 0 Å². The normalized spacial score (nSPS) is 12.1. The number of halogens is 1. The van der Waals surface area contributed by atoms with Gasteiger partial charge in [-0.15, -0.1) is 0 Å². The van der Waals surface area contributed by atoms with E-state index in [0.717, 1.165) is 16.1 Å². The fourth-order valence-electron chi connectivity index (χ4n) is 3.41. The minimum absolute atomic E-state index is 0.256. The van der Waals surface area contributed by atoms with Crippen LogP contribution in [0.15, 0.2) is 54.6 Å². The van der Waals surface area contributed by atoms with Crippen LogP contribution >= 0.6 is 11.6 Å². The predicted molar refractivity (Wildman–Crippen MR) is 128 cm³/mol. The number of anilines is 1. The summed E-state index contributed by atoms with van der Waals surface area (Å²) in [7, 11) is -3.75. The molecule has 0 saturated heterocycles. The summed E-state index contributed by atoms with van der Waals surface area (Å²) in [5, 5.41) is 3.23. The lowest BCUT2D eigenvalue weighted by Gasteiger charge is -2.32. The van der Waals surface area contributed by atoms with E-state index < -0.39 is 28.5 Å². The maximum atomic E-state index is 13.4. The van der Waals surface area contributed by atoms with E-state index in [1.54, 1.807) is 24.3 Å². The topological polar surface area (TPSA) is 86.8 Å². The van der Waals surface area contributed by atoms with Crippen molar-refractivity contribution in [2.75, 3.05) is 30.2 Å². The molecule has 0 aromatic heterocycles. The SMILES string of the molecule is CCNC(=O)C(CC)N(CCc1ccccc1)C(=O)CN(c1ccc(Cl)cc1)S(C)(=O)=O. The second-order valence-electron chi connectivity index (χ2n) is 7.39. The monoisotopic (exact) mass is 479 g/mol. The van der Waals surface area contributed by atoms with E-state index in [2.05, 4.69) is 5.32 Å². The minimum atomic E-state index is -3.75. The van der Waals surface area contributed by atoms with Gasteiger partial charge >= 0.3 is 0 Å². The van der Waals surface area contributed by atoms with Crippen LogP contribution in [0, 0.1) is 0 Å². The van der Waals surface area contributed by atoms with Crippen molar-refractivity contribution in [2.24, 2.45) is 0 Å². The van der Waals surface area contributed by atoms with E-state index in [4.69, 9.17) is 11.6 Å². The Labute approximate surface area is 195 Å². The number of likely N-dealkylation sites (N-methyl/N-ethyl adjacent to an activating group) is 1. The van der Waals surface area contributed by atoms with Crippen LogP contribution in [-0.4, -0.2) is 57.1 Å². The molecule has 0 aliphatic heterocycles. The molecule has 0 aliphatic rings. The molecule has 1 unspecified atom stereocenters. The van der Waals surface area contributed by atoms with Crippen LogP contribution < -0.4 is 9.62 Å². The quantitative estimate of drug-likeness (QED) is 0.536. The highest BCUT2D eigenvalue weighted by Gasteiger charge is 2.31. The third kappa shape index (κ3) is 7.24. The van der Waals surface area contributed by atoms with Crippen LogP contribution in [0.4, 0.5) is 5.69 Å². The Balaban J connectivity index is 2.33. The Hall–Kier alpha value is -2.58. The third-order valence-electron chi connectivity index (χ3n) is 5.01. The van der Waals surface area contributed by atoms with Crippen LogP contribution in [0.3, 0.4) is 0 Å². The zero-order chi connectivity index (χ0) is 23.7. The summed E-state index contributed by atoms with van der Waals surface area (Å²) < 4.78 is 26.0. The Morgan fingerprint density at radius 3 is 2.19 bits per heavy atom. The van der Waals surface area contributed by atoms with Gasteiger partial charge in [0.05, 0.1) is 11.9 Å². The Morgan fingerprint density at radius 1 is 1.03 bits per heavy atom. The van der Waals surface area contributed by atoms with Crippen LogP contribution in [0.5, 0.6) is 0 Å². The lowest BCUT2D eigenvalue weighted by atomic mass is 10.1. The summed E-state index contributed by atoms with van der Waals surface area (Å²) in [6.45, 7) is 3.96. The molecule has 174 valence electrons. The van der Waals surface area contributed by atoms with Gasteiger partial charge in [0.2, 0.25) is 21.8 Å².